The van der Waals surface area contributed by atoms with Crippen LogP contribution in [0.5, 0.6) is 0 Å². The maximum absolute atomic E-state index is 11.9. The molecule has 0 saturated carbocycles. The fourth-order valence-corrected chi connectivity index (χ4v) is 1.05. The van der Waals surface area contributed by atoms with Crippen LogP contribution in [0.2, 0.25) is 0 Å². The van der Waals surface area contributed by atoms with Gasteiger partial charge in [-0.05, 0) is 5.56 Å². The summed E-state index contributed by atoms with van der Waals surface area (Å²) in [7, 11) is 1.51. The molecule has 0 radical (unpaired) electrons. The molecule has 1 rings (SSSR count). The topological polar surface area (TPSA) is 29.5 Å². The molecule has 0 fully saturated rings. The molecule has 4 heteroatoms. The summed E-state index contributed by atoms with van der Waals surface area (Å²) in [6.07, 6.45) is -0.503. The van der Waals surface area contributed by atoms with E-state index in [4.69, 9.17) is 4.74 Å². The van der Waals surface area contributed by atoms with Gasteiger partial charge < -0.3 is 9.64 Å². The minimum atomic E-state index is -0.559. The van der Waals surface area contributed by atoms with Crippen molar-refractivity contribution in [2.75, 3.05) is 20.3 Å². The molecule has 0 aliphatic heterocycles. The maximum Gasteiger partial charge on any atom is 0.409 e. The van der Waals surface area contributed by atoms with E-state index in [1.165, 1.54) is 11.9 Å². The molecule has 0 aliphatic rings. The number of alkyl halides is 1. The number of amides is 1. The number of nitrogens with zero attached hydrogens (tertiary/aromatic N) is 1. The van der Waals surface area contributed by atoms with Crippen LogP contribution in [0.25, 0.3) is 0 Å². The first-order valence-electron chi connectivity index (χ1n) is 4.72. The van der Waals surface area contributed by atoms with E-state index < -0.39 is 12.8 Å². The number of carbonyl (C=O) groups excluding carboxylic acids is 1. The van der Waals surface area contributed by atoms with Crippen LogP contribution in [-0.4, -0.2) is 31.3 Å². The summed E-state index contributed by atoms with van der Waals surface area (Å²) in [6.45, 7) is -0.277. The number of rotatable bonds is 4. The van der Waals surface area contributed by atoms with Gasteiger partial charge in [0.2, 0.25) is 0 Å². The Morgan fingerprint density at radius 2 is 2.07 bits per heavy atom. The van der Waals surface area contributed by atoms with Crippen molar-refractivity contribution in [1.29, 1.82) is 0 Å². The molecule has 0 heterocycles. The minimum absolute atomic E-state index is 0.0631. The summed E-state index contributed by atoms with van der Waals surface area (Å²) in [5.41, 5.74) is 0.916. The van der Waals surface area contributed by atoms with E-state index >= 15 is 0 Å². The zero-order chi connectivity index (χ0) is 11.1. The van der Waals surface area contributed by atoms with Gasteiger partial charge in [0.15, 0.2) is 0 Å². The quantitative estimate of drug-likeness (QED) is 0.764. The van der Waals surface area contributed by atoms with Gasteiger partial charge in [-0.3, -0.25) is 0 Å². The van der Waals surface area contributed by atoms with Gasteiger partial charge in [-0.25, -0.2) is 9.18 Å². The second kappa shape index (κ2) is 6.01. The van der Waals surface area contributed by atoms with Gasteiger partial charge in [-0.15, -0.1) is 0 Å². The molecule has 0 atom stereocenters. The Morgan fingerprint density at radius 1 is 1.40 bits per heavy atom. The van der Waals surface area contributed by atoms with Crippen molar-refractivity contribution in [3.63, 3.8) is 0 Å². The molecule has 1 aromatic carbocycles. The fraction of sp³-hybridized carbons (Fsp3) is 0.364. The van der Waals surface area contributed by atoms with E-state index in [0.717, 1.165) is 5.56 Å². The third-order valence-corrected chi connectivity index (χ3v) is 1.94. The molecule has 3 nitrogen and oxygen atoms in total. The van der Waals surface area contributed by atoms with E-state index in [2.05, 4.69) is 0 Å². The lowest BCUT2D eigenvalue weighted by Crippen LogP contribution is -2.29. The van der Waals surface area contributed by atoms with Gasteiger partial charge in [0.1, 0.15) is 13.3 Å². The number of hydrogen-bond acceptors (Lipinski definition) is 2. The zero-order valence-electron chi connectivity index (χ0n) is 8.65. The maximum atomic E-state index is 11.9. The van der Waals surface area contributed by atoms with Gasteiger partial charge in [0, 0.05) is 7.05 Å². The van der Waals surface area contributed by atoms with Gasteiger partial charge in [0.25, 0.3) is 0 Å². The number of benzene rings is 1. The Labute approximate surface area is 88.5 Å². The molecule has 1 amide bonds. The van der Waals surface area contributed by atoms with Crippen LogP contribution >= 0.6 is 0 Å². The Balaban J connectivity index is 2.34. The van der Waals surface area contributed by atoms with Gasteiger partial charge in [-0.2, -0.15) is 0 Å². The molecule has 0 spiro atoms. The van der Waals surface area contributed by atoms with Crippen molar-refractivity contribution in [3.8, 4) is 0 Å². The van der Waals surface area contributed by atoms with Crippen molar-refractivity contribution in [1.82, 2.24) is 4.90 Å². The Morgan fingerprint density at radius 3 is 2.67 bits per heavy atom. The average molecular weight is 211 g/mol. The highest BCUT2D eigenvalue weighted by atomic mass is 19.1. The highest BCUT2D eigenvalue weighted by Crippen LogP contribution is 2.02. The van der Waals surface area contributed by atoms with Crippen molar-refractivity contribution < 1.29 is 13.9 Å². The monoisotopic (exact) mass is 211 g/mol. The van der Waals surface area contributed by atoms with E-state index in [1.807, 2.05) is 30.3 Å². The highest BCUT2D eigenvalue weighted by molar-refractivity contribution is 5.67. The third kappa shape index (κ3) is 3.97. The molecule has 0 saturated heterocycles. The van der Waals surface area contributed by atoms with Crippen molar-refractivity contribution >= 4 is 6.09 Å². The van der Waals surface area contributed by atoms with Crippen molar-refractivity contribution in [3.05, 3.63) is 35.9 Å². The highest BCUT2D eigenvalue weighted by Gasteiger charge is 2.08. The predicted octanol–water partition coefficient (Wildman–Crippen LogP) is 2.22. The zero-order valence-corrected chi connectivity index (χ0v) is 8.65. The normalized spacial score (nSPS) is 9.73. The first-order chi connectivity index (χ1) is 7.24. The van der Waals surface area contributed by atoms with Crippen LogP contribution in [0, 0.1) is 0 Å². The first-order valence-corrected chi connectivity index (χ1v) is 4.72. The lowest BCUT2D eigenvalue weighted by molar-refractivity contribution is 0.103. The number of carbonyl (C=O) groups is 1. The molecule has 0 aliphatic carbocycles. The Bertz CT molecular complexity index is 303. The Kier molecular flexibility index (Phi) is 4.60. The smallest absolute Gasteiger partial charge is 0.409 e. The molecule has 0 N–H and O–H groups in total. The van der Waals surface area contributed by atoms with Crippen LogP contribution in [0.15, 0.2) is 30.3 Å². The summed E-state index contributed by atoms with van der Waals surface area (Å²) >= 11 is 0. The molecule has 82 valence electrons. The SMILES string of the molecule is CN(CCF)C(=O)OCc1ccccc1. The summed E-state index contributed by atoms with van der Waals surface area (Å²) in [6, 6.07) is 9.36. The van der Waals surface area contributed by atoms with Crippen LogP contribution < -0.4 is 0 Å². The second-order valence-corrected chi connectivity index (χ2v) is 3.15. The first kappa shape index (κ1) is 11.5. The summed E-state index contributed by atoms with van der Waals surface area (Å²) in [5.74, 6) is 0. The van der Waals surface area contributed by atoms with Crippen molar-refractivity contribution in [2.45, 2.75) is 6.61 Å². The van der Waals surface area contributed by atoms with Gasteiger partial charge in [-0.1, -0.05) is 30.3 Å². The van der Waals surface area contributed by atoms with E-state index in [0.29, 0.717) is 0 Å². The molecule has 1 aromatic rings. The van der Waals surface area contributed by atoms with Crippen LogP contribution in [0.4, 0.5) is 9.18 Å². The van der Waals surface area contributed by atoms with Gasteiger partial charge >= 0.3 is 6.09 Å². The van der Waals surface area contributed by atoms with Gasteiger partial charge in [0.05, 0.1) is 6.54 Å². The lowest BCUT2D eigenvalue weighted by Gasteiger charge is -2.14. The van der Waals surface area contributed by atoms with E-state index in [9.17, 15) is 9.18 Å². The van der Waals surface area contributed by atoms with E-state index in [-0.39, 0.29) is 13.2 Å². The summed E-state index contributed by atoms with van der Waals surface area (Å²) < 4.78 is 16.9. The molecule has 15 heavy (non-hydrogen) atoms. The molecule has 0 unspecified atom stereocenters. The standard InChI is InChI=1S/C11H14FNO2/c1-13(8-7-12)11(14)15-9-10-5-3-2-4-6-10/h2-6H,7-9H2,1H3. The minimum Gasteiger partial charge on any atom is -0.445 e. The molecular weight excluding hydrogens is 197 g/mol. The largest absolute Gasteiger partial charge is 0.445 e. The number of ether oxygens (including phenoxy) is 1. The van der Waals surface area contributed by atoms with Crippen LogP contribution in [-0.2, 0) is 11.3 Å². The summed E-state index contributed by atoms with van der Waals surface area (Å²) in [4.78, 5) is 12.5. The molecule has 0 bridgehead atoms. The molecule has 0 aromatic heterocycles. The summed E-state index contributed by atoms with van der Waals surface area (Å²) in [5, 5.41) is 0. The average Bonchev–Trinajstić information content (AvgIpc) is 2.27. The number of hydrogen-bond donors (Lipinski definition) is 0. The second-order valence-electron chi connectivity index (χ2n) is 3.15. The number of halogens is 1. The van der Waals surface area contributed by atoms with Crippen molar-refractivity contribution in [2.24, 2.45) is 0 Å². The van der Waals surface area contributed by atoms with Crippen LogP contribution in [0.1, 0.15) is 5.56 Å². The van der Waals surface area contributed by atoms with E-state index in [1.54, 1.807) is 0 Å². The Hall–Kier alpha value is -1.58. The van der Waals surface area contributed by atoms with Crippen LogP contribution in [0.3, 0.4) is 0 Å². The third-order valence-electron chi connectivity index (χ3n) is 1.94. The lowest BCUT2D eigenvalue weighted by atomic mass is 10.2. The molecular formula is C11H14FNO2. The predicted molar refractivity (Wildman–Crippen MR) is 55.2 cm³/mol. The fourth-order valence-electron chi connectivity index (χ4n) is 1.05.